The van der Waals surface area contributed by atoms with Gasteiger partial charge in [-0.25, -0.2) is 4.98 Å². The van der Waals surface area contributed by atoms with Crippen LogP contribution in [-0.2, 0) is 9.59 Å². The van der Waals surface area contributed by atoms with Crippen LogP contribution in [0.15, 0.2) is 29.6 Å². The van der Waals surface area contributed by atoms with Crippen LogP contribution >= 0.6 is 11.3 Å². The SMILES string of the molecule is CC(C)(C)NC=O.CC(C)Oc1ccc2c(n1)C(C(=O)c1cccs1)C(=O)N2. The summed E-state index contributed by atoms with van der Waals surface area (Å²) in [6.45, 7) is 9.59. The summed E-state index contributed by atoms with van der Waals surface area (Å²) in [5.74, 6) is -1.04. The maximum absolute atomic E-state index is 12.5. The lowest BCUT2D eigenvalue weighted by molar-refractivity contribution is -0.116. The maximum atomic E-state index is 12.5. The molecule has 2 N–H and O–H groups in total. The summed E-state index contributed by atoms with van der Waals surface area (Å²) in [7, 11) is 0. The largest absolute Gasteiger partial charge is 0.475 e. The lowest BCUT2D eigenvalue weighted by Gasteiger charge is -2.15. The van der Waals surface area contributed by atoms with E-state index in [2.05, 4.69) is 15.6 Å². The number of rotatable bonds is 5. The lowest BCUT2D eigenvalue weighted by atomic mass is 10.00. The van der Waals surface area contributed by atoms with Crippen LogP contribution in [0, 0.1) is 0 Å². The molecule has 150 valence electrons. The molecule has 8 heteroatoms. The third-order valence-corrected chi connectivity index (χ3v) is 4.45. The van der Waals surface area contributed by atoms with Gasteiger partial charge in [0.25, 0.3) is 0 Å². The van der Waals surface area contributed by atoms with E-state index in [1.165, 1.54) is 11.3 Å². The van der Waals surface area contributed by atoms with E-state index in [-0.39, 0.29) is 23.3 Å². The Morgan fingerprint density at radius 2 is 2.04 bits per heavy atom. The van der Waals surface area contributed by atoms with Gasteiger partial charge in [-0.3, -0.25) is 14.4 Å². The Morgan fingerprint density at radius 3 is 2.54 bits per heavy atom. The predicted molar refractivity (Wildman–Crippen MR) is 109 cm³/mol. The van der Waals surface area contributed by atoms with E-state index in [0.29, 0.717) is 28.5 Å². The summed E-state index contributed by atoms with van der Waals surface area (Å²) in [5.41, 5.74) is 0.949. The molecule has 2 amide bonds. The van der Waals surface area contributed by atoms with Crippen molar-refractivity contribution in [2.75, 3.05) is 5.32 Å². The summed E-state index contributed by atoms with van der Waals surface area (Å²) in [4.78, 5) is 39.2. The monoisotopic (exact) mass is 403 g/mol. The fraction of sp³-hybridized carbons (Fsp3) is 0.400. The second-order valence-electron chi connectivity index (χ2n) is 7.52. The van der Waals surface area contributed by atoms with Crippen LogP contribution in [0.4, 0.5) is 5.69 Å². The molecular formula is C20H25N3O4S. The van der Waals surface area contributed by atoms with Crippen LogP contribution in [0.1, 0.15) is 55.9 Å². The molecule has 3 heterocycles. The molecule has 7 nitrogen and oxygen atoms in total. The summed E-state index contributed by atoms with van der Waals surface area (Å²) in [5, 5.41) is 7.11. The van der Waals surface area contributed by atoms with E-state index in [0.717, 1.165) is 0 Å². The smallest absolute Gasteiger partial charge is 0.241 e. The molecule has 0 aliphatic carbocycles. The van der Waals surface area contributed by atoms with E-state index in [4.69, 9.17) is 4.74 Å². The first kappa shape index (κ1) is 21.6. The van der Waals surface area contributed by atoms with Crippen molar-refractivity contribution in [3.8, 4) is 5.88 Å². The van der Waals surface area contributed by atoms with Crippen LogP contribution in [0.2, 0.25) is 0 Å². The van der Waals surface area contributed by atoms with Crippen LogP contribution < -0.4 is 15.4 Å². The van der Waals surface area contributed by atoms with Crippen molar-refractivity contribution in [1.82, 2.24) is 10.3 Å². The highest BCUT2D eigenvalue weighted by atomic mass is 32.1. The minimum atomic E-state index is -0.894. The zero-order chi connectivity index (χ0) is 20.9. The van der Waals surface area contributed by atoms with Gasteiger partial charge in [0.1, 0.15) is 5.92 Å². The van der Waals surface area contributed by atoms with Gasteiger partial charge in [0, 0.05) is 11.6 Å². The molecule has 0 aromatic carbocycles. The van der Waals surface area contributed by atoms with Crippen molar-refractivity contribution in [1.29, 1.82) is 0 Å². The van der Waals surface area contributed by atoms with Crippen LogP contribution in [0.3, 0.4) is 0 Å². The highest BCUT2D eigenvalue weighted by Crippen LogP contribution is 2.35. The van der Waals surface area contributed by atoms with Gasteiger partial charge in [0.2, 0.25) is 18.2 Å². The number of anilines is 1. The van der Waals surface area contributed by atoms with Crippen LogP contribution in [0.5, 0.6) is 5.88 Å². The Kier molecular flexibility index (Phi) is 6.90. The van der Waals surface area contributed by atoms with Gasteiger partial charge in [0.05, 0.1) is 22.4 Å². The van der Waals surface area contributed by atoms with E-state index >= 15 is 0 Å². The lowest BCUT2D eigenvalue weighted by Crippen LogP contribution is -2.34. The number of fused-ring (bicyclic) bond motifs is 1. The first-order valence-electron chi connectivity index (χ1n) is 8.90. The molecule has 28 heavy (non-hydrogen) atoms. The van der Waals surface area contributed by atoms with Crippen LogP contribution in [0.25, 0.3) is 0 Å². The normalized spacial score (nSPS) is 15.2. The Labute approximate surface area is 168 Å². The van der Waals surface area contributed by atoms with Crippen molar-refractivity contribution < 1.29 is 19.1 Å². The molecule has 0 radical (unpaired) electrons. The Morgan fingerprint density at radius 1 is 1.32 bits per heavy atom. The Bertz CT molecular complexity index is 842. The van der Waals surface area contributed by atoms with Crippen molar-refractivity contribution in [3.05, 3.63) is 40.2 Å². The second kappa shape index (κ2) is 8.97. The number of carbonyl (C=O) groups excluding carboxylic acids is 3. The van der Waals surface area contributed by atoms with Crippen molar-refractivity contribution >= 4 is 35.1 Å². The van der Waals surface area contributed by atoms with Gasteiger partial charge >= 0.3 is 0 Å². The van der Waals surface area contributed by atoms with Crippen molar-refractivity contribution in [2.24, 2.45) is 0 Å². The predicted octanol–water partition coefficient (Wildman–Crippen LogP) is 3.38. The summed E-state index contributed by atoms with van der Waals surface area (Å²) in [6, 6.07) is 6.92. The fourth-order valence-corrected chi connectivity index (χ4v) is 3.09. The molecule has 2 aromatic heterocycles. The summed E-state index contributed by atoms with van der Waals surface area (Å²) in [6.07, 6.45) is 0.687. The number of aromatic nitrogens is 1. The number of Topliss-reactive ketones (excluding diaryl/α,β-unsaturated/α-hetero) is 1. The molecule has 0 spiro atoms. The molecular weight excluding hydrogens is 378 g/mol. The Hall–Kier alpha value is -2.74. The molecule has 1 aliphatic rings. The molecule has 0 fully saturated rings. The molecule has 1 unspecified atom stereocenters. The number of ether oxygens (including phenoxy) is 1. The first-order chi connectivity index (χ1) is 13.1. The number of pyridine rings is 1. The van der Waals surface area contributed by atoms with Gasteiger partial charge in [-0.05, 0) is 52.1 Å². The zero-order valence-electron chi connectivity index (χ0n) is 16.6. The first-order valence-corrected chi connectivity index (χ1v) is 9.78. The number of nitrogens with zero attached hydrogens (tertiary/aromatic N) is 1. The molecule has 2 aromatic rings. The molecule has 1 atom stereocenters. The third-order valence-electron chi connectivity index (χ3n) is 3.57. The van der Waals surface area contributed by atoms with Crippen molar-refractivity contribution in [3.63, 3.8) is 0 Å². The van der Waals surface area contributed by atoms with Gasteiger partial charge in [-0.2, -0.15) is 0 Å². The number of ketones is 1. The second-order valence-corrected chi connectivity index (χ2v) is 8.47. The van der Waals surface area contributed by atoms with E-state index in [9.17, 15) is 14.4 Å². The summed E-state index contributed by atoms with van der Waals surface area (Å²) < 4.78 is 5.53. The number of nitrogens with one attached hydrogen (secondary N) is 2. The zero-order valence-corrected chi connectivity index (χ0v) is 17.4. The molecule has 1 aliphatic heterocycles. The highest BCUT2D eigenvalue weighted by Gasteiger charge is 2.39. The minimum absolute atomic E-state index is 0.0212. The average Bonchev–Trinajstić information content (AvgIpc) is 3.20. The number of thiophene rings is 1. The van der Waals surface area contributed by atoms with E-state index in [1.807, 2.05) is 40.0 Å². The number of hydrogen-bond donors (Lipinski definition) is 2. The molecule has 0 saturated carbocycles. The number of hydrogen-bond acceptors (Lipinski definition) is 6. The van der Waals surface area contributed by atoms with E-state index in [1.54, 1.807) is 24.3 Å². The molecule has 0 bridgehead atoms. The minimum Gasteiger partial charge on any atom is -0.475 e. The Balaban J connectivity index is 0.000000345. The standard InChI is InChI=1S/C15H14N2O3S.C5H11NO/c1-8(2)20-11-6-5-9-13(17-11)12(15(19)16-9)14(18)10-4-3-7-21-10;1-5(2,3)6-4-7/h3-8,12H,1-2H3,(H,16,19);4H,1-3H3,(H,6,7). The van der Waals surface area contributed by atoms with Crippen molar-refractivity contribution in [2.45, 2.75) is 52.2 Å². The molecule has 3 rings (SSSR count). The maximum Gasteiger partial charge on any atom is 0.241 e. The van der Waals surface area contributed by atoms with Crippen LogP contribution in [-0.4, -0.2) is 34.7 Å². The molecule has 0 saturated heterocycles. The number of carbonyl (C=O) groups is 3. The van der Waals surface area contributed by atoms with Gasteiger partial charge < -0.3 is 15.4 Å². The van der Waals surface area contributed by atoms with E-state index < -0.39 is 5.92 Å². The third kappa shape index (κ3) is 5.63. The van der Waals surface area contributed by atoms with Gasteiger partial charge in [-0.1, -0.05) is 6.07 Å². The van der Waals surface area contributed by atoms with Gasteiger partial charge in [-0.15, -0.1) is 11.3 Å². The van der Waals surface area contributed by atoms with Gasteiger partial charge in [0.15, 0.2) is 5.78 Å². The topological polar surface area (TPSA) is 97.4 Å². The summed E-state index contributed by atoms with van der Waals surface area (Å²) >= 11 is 1.32. The number of amides is 2. The average molecular weight is 404 g/mol. The fourth-order valence-electron chi connectivity index (χ4n) is 2.40. The highest BCUT2D eigenvalue weighted by molar-refractivity contribution is 7.12. The quantitative estimate of drug-likeness (QED) is 0.453.